The number of nitrogens with zero attached hydrogens (tertiary/aromatic N) is 5. The maximum atomic E-state index is 5.05. The van der Waals surface area contributed by atoms with Crippen LogP contribution in [-0.2, 0) is 5.41 Å². The van der Waals surface area contributed by atoms with Crippen LogP contribution in [0.3, 0.4) is 0 Å². The summed E-state index contributed by atoms with van der Waals surface area (Å²) in [6.45, 7) is 0. The molecule has 5 nitrogen and oxygen atoms in total. The van der Waals surface area contributed by atoms with Gasteiger partial charge in [-0.05, 0) is 70.8 Å². The molecule has 0 amide bonds. The zero-order valence-electron chi connectivity index (χ0n) is 34.4. The highest BCUT2D eigenvalue weighted by Crippen LogP contribution is 2.62. The number of fused-ring (bicyclic) bond motifs is 15. The minimum Gasteiger partial charge on any atom is -0.309 e. The standard InChI is InChI=1S/C58H35N5S/c1-3-16-36(17-4-1)55-59-56(37-18-5-2-6-19-37)61-57(60-55)38-30-32-39(33-31-38)62-48-26-11-7-21-41(48)43-34-35-47-54(53(43)62)64-51-29-14-10-24-45(51)58(47)44-23-9-13-28-50(44)63-49-27-12-8-20-40(49)42-22-15-25-46(58)52(42)63/h1-35H. The first kappa shape index (κ1) is 35.5. The summed E-state index contributed by atoms with van der Waals surface area (Å²) in [6, 6.07) is 76.7. The predicted molar refractivity (Wildman–Crippen MR) is 261 cm³/mol. The Labute approximate surface area is 373 Å². The van der Waals surface area contributed by atoms with E-state index in [1.807, 2.05) is 72.4 Å². The summed E-state index contributed by atoms with van der Waals surface area (Å²) in [6.07, 6.45) is 0. The third-order valence-corrected chi connectivity index (χ3v) is 14.6. The maximum absolute atomic E-state index is 5.05. The number of rotatable bonds is 4. The number of aromatic nitrogens is 5. The van der Waals surface area contributed by atoms with E-state index in [1.54, 1.807) is 0 Å². The zero-order chi connectivity index (χ0) is 41.9. The molecule has 0 fully saturated rings. The van der Waals surface area contributed by atoms with Gasteiger partial charge in [-0.2, -0.15) is 0 Å². The second kappa shape index (κ2) is 13.5. The molecule has 2 aliphatic rings. The van der Waals surface area contributed by atoms with Gasteiger partial charge in [0.25, 0.3) is 0 Å². The van der Waals surface area contributed by atoms with Crippen molar-refractivity contribution in [2.24, 2.45) is 0 Å². The molecule has 298 valence electrons. The van der Waals surface area contributed by atoms with Crippen molar-refractivity contribution < 1.29 is 0 Å². The first-order chi connectivity index (χ1) is 31.8. The fourth-order valence-corrected chi connectivity index (χ4v) is 12.1. The minimum atomic E-state index is -0.581. The normalized spacial score (nSPS) is 14.9. The second-order valence-electron chi connectivity index (χ2n) is 16.7. The minimum absolute atomic E-state index is 0.581. The third-order valence-electron chi connectivity index (χ3n) is 13.4. The molecular formula is C58H35N5S. The topological polar surface area (TPSA) is 48.5 Å². The Hall–Kier alpha value is -8.06. The first-order valence-electron chi connectivity index (χ1n) is 21.7. The van der Waals surface area contributed by atoms with Crippen LogP contribution in [-0.4, -0.2) is 24.1 Å². The highest BCUT2D eigenvalue weighted by Gasteiger charge is 2.50. The van der Waals surface area contributed by atoms with Gasteiger partial charge in [-0.3, -0.25) is 0 Å². The molecule has 5 heterocycles. The van der Waals surface area contributed by atoms with E-state index in [2.05, 4.69) is 161 Å². The monoisotopic (exact) mass is 833 g/mol. The quantitative estimate of drug-likeness (QED) is 0.177. The molecule has 0 radical (unpaired) electrons. The average molecular weight is 834 g/mol. The van der Waals surface area contributed by atoms with Gasteiger partial charge in [-0.1, -0.05) is 176 Å². The largest absolute Gasteiger partial charge is 0.309 e. The van der Waals surface area contributed by atoms with Crippen LogP contribution in [0.15, 0.2) is 222 Å². The predicted octanol–water partition coefficient (Wildman–Crippen LogP) is 14.2. The van der Waals surface area contributed by atoms with Crippen molar-refractivity contribution in [1.82, 2.24) is 24.1 Å². The SMILES string of the molecule is c1ccc(-c2nc(-c3ccccc3)nc(-c3ccc(-n4c5ccccc5c5ccc6c(c54)Sc4ccccc4C64c5ccccc5-n5c6ccccc6c6cccc4c65)cc3)n2)cc1. The fraction of sp³-hybridized carbons (Fsp3) is 0.0172. The van der Waals surface area contributed by atoms with Crippen LogP contribution in [0.1, 0.15) is 22.3 Å². The Morgan fingerprint density at radius 2 is 0.859 bits per heavy atom. The van der Waals surface area contributed by atoms with Gasteiger partial charge in [-0.15, -0.1) is 0 Å². The van der Waals surface area contributed by atoms with Gasteiger partial charge in [0.15, 0.2) is 17.5 Å². The van der Waals surface area contributed by atoms with Gasteiger partial charge < -0.3 is 9.13 Å². The van der Waals surface area contributed by atoms with Crippen molar-refractivity contribution in [2.75, 3.05) is 0 Å². The van der Waals surface area contributed by atoms with Gasteiger partial charge in [0.2, 0.25) is 0 Å². The van der Waals surface area contributed by atoms with Gasteiger partial charge in [0, 0.05) is 53.7 Å². The van der Waals surface area contributed by atoms with E-state index < -0.39 is 5.41 Å². The number of hydrogen-bond acceptors (Lipinski definition) is 4. The summed E-state index contributed by atoms with van der Waals surface area (Å²) in [4.78, 5) is 17.6. The van der Waals surface area contributed by atoms with E-state index in [1.165, 1.54) is 75.8 Å². The highest BCUT2D eigenvalue weighted by atomic mass is 32.2. The first-order valence-corrected chi connectivity index (χ1v) is 22.5. The van der Waals surface area contributed by atoms with Crippen LogP contribution in [0.4, 0.5) is 0 Å². The van der Waals surface area contributed by atoms with Crippen molar-refractivity contribution >= 4 is 55.4 Å². The van der Waals surface area contributed by atoms with Crippen LogP contribution in [0.25, 0.3) is 89.2 Å². The van der Waals surface area contributed by atoms with Crippen LogP contribution in [0, 0.1) is 0 Å². The molecule has 2 aliphatic heterocycles. The Kier molecular flexibility index (Phi) is 7.48. The van der Waals surface area contributed by atoms with Crippen LogP contribution in [0.2, 0.25) is 0 Å². The van der Waals surface area contributed by atoms with Gasteiger partial charge in [0.1, 0.15) is 0 Å². The van der Waals surface area contributed by atoms with Crippen molar-refractivity contribution in [2.45, 2.75) is 15.2 Å². The molecule has 0 saturated heterocycles. The lowest BCUT2D eigenvalue weighted by Gasteiger charge is -2.45. The van der Waals surface area contributed by atoms with Crippen molar-refractivity contribution in [3.05, 3.63) is 235 Å². The molecule has 0 bridgehead atoms. The summed E-state index contributed by atoms with van der Waals surface area (Å²) in [5.41, 5.74) is 14.6. The Morgan fingerprint density at radius 3 is 1.55 bits per heavy atom. The highest BCUT2D eigenvalue weighted by molar-refractivity contribution is 7.99. The lowest BCUT2D eigenvalue weighted by Crippen LogP contribution is -2.37. The Bertz CT molecular complexity index is 3810. The fourth-order valence-electron chi connectivity index (χ4n) is 10.8. The van der Waals surface area contributed by atoms with Crippen LogP contribution < -0.4 is 0 Å². The second-order valence-corrected chi connectivity index (χ2v) is 17.7. The van der Waals surface area contributed by atoms with Crippen molar-refractivity contribution in [1.29, 1.82) is 0 Å². The van der Waals surface area contributed by atoms with Crippen LogP contribution >= 0.6 is 11.8 Å². The molecule has 1 atom stereocenters. The Morgan fingerprint density at radius 1 is 0.344 bits per heavy atom. The molecule has 6 heteroatoms. The molecule has 0 saturated carbocycles. The Balaban J connectivity index is 1.03. The number of para-hydroxylation sites is 4. The number of benzene rings is 9. The van der Waals surface area contributed by atoms with E-state index in [-0.39, 0.29) is 0 Å². The summed E-state index contributed by atoms with van der Waals surface area (Å²) in [5.74, 6) is 1.93. The van der Waals surface area contributed by atoms with E-state index >= 15 is 0 Å². The molecule has 1 unspecified atom stereocenters. The molecule has 12 aromatic rings. The molecule has 1 spiro atoms. The molecule has 14 rings (SSSR count). The van der Waals surface area contributed by atoms with Gasteiger partial charge in [-0.25, -0.2) is 15.0 Å². The summed E-state index contributed by atoms with van der Waals surface area (Å²) in [7, 11) is 0. The van der Waals surface area contributed by atoms with Gasteiger partial charge >= 0.3 is 0 Å². The zero-order valence-corrected chi connectivity index (χ0v) is 35.2. The lowest BCUT2D eigenvalue weighted by molar-refractivity contribution is 0.691. The van der Waals surface area contributed by atoms with Crippen molar-refractivity contribution in [3.63, 3.8) is 0 Å². The molecule has 64 heavy (non-hydrogen) atoms. The molecular weight excluding hydrogens is 799 g/mol. The maximum Gasteiger partial charge on any atom is 0.164 e. The summed E-state index contributed by atoms with van der Waals surface area (Å²) < 4.78 is 4.99. The summed E-state index contributed by atoms with van der Waals surface area (Å²) >= 11 is 1.90. The van der Waals surface area contributed by atoms with Crippen molar-refractivity contribution in [3.8, 4) is 45.5 Å². The molecule has 9 aromatic carbocycles. The van der Waals surface area contributed by atoms with E-state index in [0.717, 1.165) is 27.9 Å². The lowest BCUT2D eigenvalue weighted by atomic mass is 9.62. The van der Waals surface area contributed by atoms with E-state index in [9.17, 15) is 0 Å². The van der Waals surface area contributed by atoms with Crippen LogP contribution in [0.5, 0.6) is 0 Å². The smallest absolute Gasteiger partial charge is 0.164 e. The molecule has 0 N–H and O–H groups in total. The molecule has 0 aliphatic carbocycles. The summed E-state index contributed by atoms with van der Waals surface area (Å²) in [5, 5.41) is 5.00. The van der Waals surface area contributed by atoms with Gasteiger partial charge in [0.05, 0.1) is 33.2 Å². The number of hydrogen-bond donors (Lipinski definition) is 0. The average Bonchev–Trinajstić information content (AvgIpc) is 3.90. The third kappa shape index (κ3) is 4.83. The van der Waals surface area contributed by atoms with E-state index in [4.69, 9.17) is 15.0 Å². The molecule has 3 aromatic heterocycles. The van der Waals surface area contributed by atoms with E-state index in [0.29, 0.717) is 17.5 Å².